The third-order valence-corrected chi connectivity index (χ3v) is 7.27. The summed E-state index contributed by atoms with van der Waals surface area (Å²) in [7, 11) is 0. The van der Waals surface area contributed by atoms with Gasteiger partial charge in [0.05, 0.1) is 13.2 Å². The first kappa shape index (κ1) is 29.3. The summed E-state index contributed by atoms with van der Waals surface area (Å²) in [5.74, 6) is 1.92. The molecule has 0 spiro atoms. The molecular weight excluding hydrogens is 494 g/mol. The molecule has 5 nitrogen and oxygen atoms in total. The Morgan fingerprint density at radius 3 is 1.75 bits per heavy atom. The molecule has 0 aliphatic carbocycles. The number of nitrogens with one attached hydrogen (secondary N) is 1. The second-order valence-corrected chi connectivity index (χ2v) is 10.3. The fourth-order valence-electron chi connectivity index (χ4n) is 4.92. The van der Waals surface area contributed by atoms with Crippen molar-refractivity contribution >= 4 is 0 Å². The van der Waals surface area contributed by atoms with Crippen LogP contribution in [0.4, 0.5) is 0 Å². The lowest BCUT2D eigenvalue weighted by Gasteiger charge is -2.17. The van der Waals surface area contributed by atoms with E-state index in [9.17, 15) is 0 Å². The summed E-state index contributed by atoms with van der Waals surface area (Å²) in [4.78, 5) is 8.37. The Balaban J connectivity index is 1.19. The van der Waals surface area contributed by atoms with Crippen LogP contribution in [0.1, 0.15) is 54.4 Å². The number of benzene rings is 2. The molecule has 0 unspecified atom stereocenters. The molecule has 2 heterocycles. The standard InChI is InChI=1S/C35H43N3O2/c1-28-32(15-7-17-34(28)39-24-6-4-3-5-12-30-13-9-20-37-26-30)33-16-8-18-35(29(33)2)40-25-11-22-36-23-19-31-14-10-21-38-27-31/h7-10,13-18,20-21,26-27,36H,3-6,11-12,19,22-25H2,1-2H3. The van der Waals surface area contributed by atoms with Crippen molar-refractivity contribution in [1.82, 2.24) is 15.3 Å². The van der Waals surface area contributed by atoms with Gasteiger partial charge in [0.25, 0.3) is 0 Å². The first-order valence-corrected chi connectivity index (χ1v) is 14.7. The molecule has 0 saturated carbocycles. The lowest BCUT2D eigenvalue weighted by atomic mass is 9.95. The van der Waals surface area contributed by atoms with Crippen LogP contribution in [0.3, 0.4) is 0 Å². The molecule has 0 amide bonds. The summed E-state index contributed by atoms with van der Waals surface area (Å²) in [5, 5.41) is 3.50. The highest BCUT2D eigenvalue weighted by Crippen LogP contribution is 2.35. The van der Waals surface area contributed by atoms with Gasteiger partial charge in [-0.2, -0.15) is 0 Å². The smallest absolute Gasteiger partial charge is 0.122 e. The van der Waals surface area contributed by atoms with E-state index in [1.807, 2.05) is 36.9 Å². The maximum Gasteiger partial charge on any atom is 0.122 e. The van der Waals surface area contributed by atoms with Gasteiger partial charge >= 0.3 is 0 Å². The Hall–Kier alpha value is -3.70. The zero-order valence-corrected chi connectivity index (χ0v) is 24.1. The van der Waals surface area contributed by atoms with Crippen molar-refractivity contribution in [2.75, 3.05) is 26.3 Å². The number of rotatable bonds is 17. The summed E-state index contributed by atoms with van der Waals surface area (Å²) in [5.41, 5.74) is 7.33. The van der Waals surface area contributed by atoms with Gasteiger partial charge in [-0.25, -0.2) is 0 Å². The Morgan fingerprint density at radius 1 is 0.575 bits per heavy atom. The minimum atomic E-state index is 0.689. The van der Waals surface area contributed by atoms with Crippen molar-refractivity contribution < 1.29 is 9.47 Å². The SMILES string of the molecule is Cc1c(OCCCCCCc2cccnc2)cccc1-c1cccc(OCCCNCCc2cccnc2)c1C. The number of aromatic nitrogens is 2. The predicted octanol–water partition coefficient (Wildman–Crippen LogP) is 7.54. The van der Waals surface area contributed by atoms with Crippen LogP contribution in [0.25, 0.3) is 11.1 Å². The molecular formula is C35H43N3O2. The molecule has 4 aromatic rings. The second-order valence-electron chi connectivity index (χ2n) is 10.3. The fraction of sp³-hybridized carbons (Fsp3) is 0.371. The van der Waals surface area contributed by atoms with Crippen molar-refractivity contribution in [3.05, 3.63) is 108 Å². The van der Waals surface area contributed by atoms with Gasteiger partial charge in [-0.1, -0.05) is 49.2 Å². The first-order chi connectivity index (χ1) is 19.7. The number of unbranched alkanes of at least 4 members (excludes halogenated alkanes) is 3. The number of ether oxygens (including phenoxy) is 2. The quantitative estimate of drug-likeness (QED) is 0.141. The molecule has 4 rings (SSSR count). The maximum absolute atomic E-state index is 6.22. The summed E-state index contributed by atoms with van der Waals surface area (Å²) >= 11 is 0. The van der Waals surface area contributed by atoms with Crippen LogP contribution in [0.5, 0.6) is 11.5 Å². The molecule has 0 aliphatic rings. The summed E-state index contributed by atoms with van der Waals surface area (Å²) in [6.45, 7) is 7.62. The predicted molar refractivity (Wildman–Crippen MR) is 164 cm³/mol. The lowest BCUT2D eigenvalue weighted by Crippen LogP contribution is -2.20. The highest BCUT2D eigenvalue weighted by atomic mass is 16.5. The Kier molecular flexibility index (Phi) is 12.0. The number of hydrogen-bond donors (Lipinski definition) is 1. The van der Waals surface area contributed by atoms with Crippen molar-refractivity contribution in [3.63, 3.8) is 0 Å². The lowest BCUT2D eigenvalue weighted by molar-refractivity contribution is 0.303. The van der Waals surface area contributed by atoms with Gasteiger partial charge in [-0.3, -0.25) is 9.97 Å². The second kappa shape index (κ2) is 16.4. The fourth-order valence-corrected chi connectivity index (χ4v) is 4.92. The molecule has 40 heavy (non-hydrogen) atoms. The number of nitrogens with zero attached hydrogens (tertiary/aromatic N) is 2. The summed E-state index contributed by atoms with van der Waals surface area (Å²) < 4.78 is 12.4. The molecule has 2 aromatic carbocycles. The van der Waals surface area contributed by atoms with Crippen molar-refractivity contribution in [3.8, 4) is 22.6 Å². The van der Waals surface area contributed by atoms with Crippen LogP contribution in [0.15, 0.2) is 85.5 Å². The van der Waals surface area contributed by atoms with Crippen molar-refractivity contribution in [2.24, 2.45) is 0 Å². The zero-order chi connectivity index (χ0) is 27.8. The Bertz CT molecular complexity index is 1180. The summed E-state index contributed by atoms with van der Waals surface area (Å²) in [6.07, 6.45) is 15.2. The van der Waals surface area contributed by atoms with Gasteiger partial charge in [-0.05, 0) is 117 Å². The Labute approximate surface area is 240 Å². The number of pyridine rings is 2. The van der Waals surface area contributed by atoms with Gasteiger partial charge in [0, 0.05) is 24.8 Å². The maximum atomic E-state index is 6.22. The van der Waals surface area contributed by atoms with Crippen LogP contribution in [0.2, 0.25) is 0 Å². The van der Waals surface area contributed by atoms with E-state index in [0.717, 1.165) is 56.9 Å². The van der Waals surface area contributed by atoms with Gasteiger partial charge in [0.1, 0.15) is 11.5 Å². The Morgan fingerprint density at radius 2 is 1.15 bits per heavy atom. The number of hydrogen-bond acceptors (Lipinski definition) is 5. The molecule has 0 bridgehead atoms. The molecule has 1 N–H and O–H groups in total. The van der Waals surface area contributed by atoms with Crippen LogP contribution < -0.4 is 14.8 Å². The molecule has 0 saturated heterocycles. The van der Waals surface area contributed by atoms with E-state index in [1.165, 1.54) is 52.6 Å². The van der Waals surface area contributed by atoms with Gasteiger partial charge in [0.15, 0.2) is 0 Å². The normalized spacial score (nSPS) is 10.9. The van der Waals surface area contributed by atoms with Gasteiger partial charge < -0.3 is 14.8 Å². The van der Waals surface area contributed by atoms with E-state index in [0.29, 0.717) is 6.61 Å². The van der Waals surface area contributed by atoms with E-state index >= 15 is 0 Å². The van der Waals surface area contributed by atoms with Crippen molar-refractivity contribution in [1.29, 1.82) is 0 Å². The average Bonchev–Trinajstić information content (AvgIpc) is 2.99. The zero-order valence-electron chi connectivity index (χ0n) is 24.1. The highest BCUT2D eigenvalue weighted by Gasteiger charge is 2.12. The summed E-state index contributed by atoms with van der Waals surface area (Å²) in [6, 6.07) is 20.9. The van der Waals surface area contributed by atoms with E-state index in [2.05, 4.69) is 77.7 Å². The van der Waals surface area contributed by atoms with E-state index in [4.69, 9.17) is 9.47 Å². The highest BCUT2D eigenvalue weighted by molar-refractivity contribution is 5.74. The molecule has 0 aliphatic heterocycles. The van der Waals surface area contributed by atoms with Crippen molar-refractivity contribution in [2.45, 2.75) is 58.8 Å². The monoisotopic (exact) mass is 537 g/mol. The van der Waals surface area contributed by atoms with Gasteiger partial charge in [-0.15, -0.1) is 0 Å². The third kappa shape index (κ3) is 9.20. The molecule has 210 valence electrons. The largest absolute Gasteiger partial charge is 0.493 e. The van der Waals surface area contributed by atoms with Crippen LogP contribution in [-0.4, -0.2) is 36.3 Å². The minimum absolute atomic E-state index is 0.689. The van der Waals surface area contributed by atoms with E-state index in [-0.39, 0.29) is 0 Å². The molecule has 0 radical (unpaired) electrons. The van der Waals surface area contributed by atoms with Crippen LogP contribution in [0, 0.1) is 13.8 Å². The first-order valence-electron chi connectivity index (χ1n) is 14.7. The van der Waals surface area contributed by atoms with E-state index < -0.39 is 0 Å². The molecule has 0 atom stereocenters. The minimum Gasteiger partial charge on any atom is -0.493 e. The molecule has 0 fully saturated rings. The van der Waals surface area contributed by atoms with Crippen LogP contribution >= 0.6 is 0 Å². The number of aryl methyl sites for hydroxylation is 1. The van der Waals surface area contributed by atoms with Crippen LogP contribution in [-0.2, 0) is 12.8 Å². The van der Waals surface area contributed by atoms with E-state index in [1.54, 1.807) is 0 Å². The topological polar surface area (TPSA) is 56.3 Å². The molecule has 5 heteroatoms. The third-order valence-electron chi connectivity index (χ3n) is 7.27. The average molecular weight is 538 g/mol. The molecule has 2 aromatic heterocycles. The van der Waals surface area contributed by atoms with Gasteiger partial charge in [0.2, 0.25) is 0 Å².